The maximum atomic E-state index is 11.7. The fourth-order valence-corrected chi connectivity index (χ4v) is 1.51. The number of alkyl halides is 3. The second kappa shape index (κ2) is 4.81. The Morgan fingerprint density at radius 1 is 1.38 bits per heavy atom. The van der Waals surface area contributed by atoms with E-state index >= 15 is 0 Å². The van der Waals surface area contributed by atoms with E-state index in [0.29, 0.717) is 12.6 Å². The van der Waals surface area contributed by atoms with E-state index in [1.165, 1.54) is 0 Å². The quantitative estimate of drug-likeness (QED) is 0.662. The van der Waals surface area contributed by atoms with Crippen molar-refractivity contribution in [1.82, 2.24) is 10.6 Å². The molecule has 1 unspecified atom stereocenters. The molecule has 1 aliphatic heterocycles. The standard InChI is InChI=1S/C8H15F3N2/c9-8(10,11)6-12-5-3-7-2-1-4-13-7/h7,12-13H,1-6H2. The fraction of sp³-hybridized carbons (Fsp3) is 1.00. The summed E-state index contributed by atoms with van der Waals surface area (Å²) in [4.78, 5) is 0. The Kier molecular flexibility index (Phi) is 3.99. The molecule has 0 radical (unpaired) electrons. The molecule has 1 heterocycles. The highest BCUT2D eigenvalue weighted by Crippen LogP contribution is 2.12. The molecule has 1 fully saturated rings. The van der Waals surface area contributed by atoms with Crippen LogP contribution in [0.5, 0.6) is 0 Å². The average molecular weight is 196 g/mol. The van der Waals surface area contributed by atoms with Crippen LogP contribution in [0.1, 0.15) is 19.3 Å². The molecule has 0 aromatic carbocycles. The Labute approximate surface area is 75.9 Å². The predicted molar refractivity (Wildman–Crippen MR) is 44.6 cm³/mol. The van der Waals surface area contributed by atoms with Crippen molar-refractivity contribution in [2.24, 2.45) is 0 Å². The molecule has 2 nitrogen and oxygen atoms in total. The van der Waals surface area contributed by atoms with Gasteiger partial charge in [-0.3, -0.25) is 0 Å². The predicted octanol–water partition coefficient (Wildman–Crippen LogP) is 1.28. The minimum atomic E-state index is -4.08. The molecule has 0 amide bonds. The van der Waals surface area contributed by atoms with Gasteiger partial charge in [-0.05, 0) is 32.4 Å². The van der Waals surface area contributed by atoms with Crippen molar-refractivity contribution in [3.63, 3.8) is 0 Å². The first-order valence-corrected chi connectivity index (χ1v) is 4.59. The van der Waals surface area contributed by atoms with Crippen molar-refractivity contribution in [1.29, 1.82) is 0 Å². The molecule has 0 spiro atoms. The number of nitrogens with one attached hydrogen (secondary N) is 2. The van der Waals surface area contributed by atoms with E-state index in [1.54, 1.807) is 0 Å². The molecule has 1 atom stereocenters. The molecular weight excluding hydrogens is 181 g/mol. The summed E-state index contributed by atoms with van der Waals surface area (Å²) in [6.45, 7) is 0.570. The Hall–Kier alpha value is -0.290. The second-order valence-corrected chi connectivity index (χ2v) is 3.37. The molecular formula is C8H15F3N2. The highest BCUT2D eigenvalue weighted by atomic mass is 19.4. The highest BCUT2D eigenvalue weighted by Gasteiger charge is 2.26. The van der Waals surface area contributed by atoms with E-state index < -0.39 is 12.7 Å². The summed E-state index contributed by atoms with van der Waals surface area (Å²) in [5.41, 5.74) is 0. The Bertz CT molecular complexity index is 141. The van der Waals surface area contributed by atoms with Crippen LogP contribution in [0.3, 0.4) is 0 Å². The van der Waals surface area contributed by atoms with Crippen LogP contribution in [0.25, 0.3) is 0 Å². The first-order valence-electron chi connectivity index (χ1n) is 4.59. The van der Waals surface area contributed by atoms with Crippen LogP contribution in [0, 0.1) is 0 Å². The van der Waals surface area contributed by atoms with E-state index in [9.17, 15) is 13.2 Å². The van der Waals surface area contributed by atoms with Gasteiger partial charge in [0, 0.05) is 6.04 Å². The van der Waals surface area contributed by atoms with Crippen LogP contribution in [0.4, 0.5) is 13.2 Å². The van der Waals surface area contributed by atoms with E-state index in [2.05, 4.69) is 10.6 Å². The lowest BCUT2D eigenvalue weighted by Gasteiger charge is -2.11. The number of hydrogen-bond donors (Lipinski definition) is 2. The van der Waals surface area contributed by atoms with Gasteiger partial charge in [0.25, 0.3) is 0 Å². The smallest absolute Gasteiger partial charge is 0.314 e. The molecule has 1 rings (SSSR count). The summed E-state index contributed by atoms with van der Waals surface area (Å²) in [5.74, 6) is 0. The molecule has 0 aliphatic carbocycles. The molecule has 0 aromatic rings. The molecule has 13 heavy (non-hydrogen) atoms. The normalized spacial score (nSPS) is 23.8. The minimum absolute atomic E-state index is 0.417. The molecule has 2 N–H and O–H groups in total. The van der Waals surface area contributed by atoms with Gasteiger partial charge >= 0.3 is 6.18 Å². The van der Waals surface area contributed by atoms with Gasteiger partial charge in [-0.1, -0.05) is 0 Å². The lowest BCUT2D eigenvalue weighted by Crippen LogP contribution is -2.32. The van der Waals surface area contributed by atoms with Crippen LogP contribution in [-0.2, 0) is 0 Å². The van der Waals surface area contributed by atoms with E-state index in [0.717, 1.165) is 25.8 Å². The summed E-state index contributed by atoms with van der Waals surface area (Å²) in [6, 6.07) is 0.417. The Morgan fingerprint density at radius 3 is 2.69 bits per heavy atom. The third kappa shape index (κ3) is 5.10. The zero-order valence-electron chi connectivity index (χ0n) is 7.45. The van der Waals surface area contributed by atoms with Gasteiger partial charge in [0.05, 0.1) is 6.54 Å². The largest absolute Gasteiger partial charge is 0.401 e. The summed E-state index contributed by atoms with van der Waals surface area (Å²) in [6.07, 6.45) is -1.06. The first-order chi connectivity index (χ1) is 6.08. The maximum absolute atomic E-state index is 11.7. The van der Waals surface area contributed by atoms with Gasteiger partial charge in [0.2, 0.25) is 0 Å². The summed E-state index contributed by atoms with van der Waals surface area (Å²) in [7, 11) is 0. The molecule has 5 heteroatoms. The van der Waals surface area contributed by atoms with Crippen molar-refractivity contribution in [2.45, 2.75) is 31.5 Å². The number of hydrogen-bond acceptors (Lipinski definition) is 2. The Balaban J connectivity index is 1.94. The zero-order chi connectivity index (χ0) is 9.73. The first kappa shape index (κ1) is 10.8. The van der Waals surface area contributed by atoms with Crippen molar-refractivity contribution in [3.8, 4) is 0 Å². The molecule has 0 saturated carbocycles. The summed E-state index contributed by atoms with van der Waals surface area (Å²) in [5, 5.41) is 5.62. The topological polar surface area (TPSA) is 24.1 Å². The summed E-state index contributed by atoms with van der Waals surface area (Å²) >= 11 is 0. The van der Waals surface area contributed by atoms with E-state index in [4.69, 9.17) is 0 Å². The van der Waals surface area contributed by atoms with Crippen molar-refractivity contribution < 1.29 is 13.2 Å². The maximum Gasteiger partial charge on any atom is 0.401 e. The van der Waals surface area contributed by atoms with Crippen LogP contribution in [-0.4, -0.2) is 31.9 Å². The lowest BCUT2D eigenvalue weighted by molar-refractivity contribution is -0.124. The number of halogens is 3. The second-order valence-electron chi connectivity index (χ2n) is 3.37. The van der Waals surface area contributed by atoms with Crippen LogP contribution in [0.2, 0.25) is 0 Å². The van der Waals surface area contributed by atoms with Gasteiger partial charge in [0.1, 0.15) is 0 Å². The average Bonchev–Trinajstić information content (AvgIpc) is 2.48. The fourth-order valence-electron chi connectivity index (χ4n) is 1.51. The number of rotatable bonds is 4. The van der Waals surface area contributed by atoms with Crippen LogP contribution in [0.15, 0.2) is 0 Å². The SMILES string of the molecule is FC(F)(F)CNCCC1CCCN1. The van der Waals surface area contributed by atoms with Gasteiger partial charge < -0.3 is 10.6 Å². The lowest BCUT2D eigenvalue weighted by atomic mass is 10.1. The van der Waals surface area contributed by atoms with Crippen LogP contribution < -0.4 is 10.6 Å². The monoisotopic (exact) mass is 196 g/mol. The van der Waals surface area contributed by atoms with Crippen LogP contribution >= 0.6 is 0 Å². The third-order valence-corrected chi connectivity index (χ3v) is 2.16. The van der Waals surface area contributed by atoms with E-state index in [1.807, 2.05) is 0 Å². The van der Waals surface area contributed by atoms with Gasteiger partial charge in [-0.25, -0.2) is 0 Å². The van der Waals surface area contributed by atoms with Gasteiger partial charge in [0.15, 0.2) is 0 Å². The third-order valence-electron chi connectivity index (χ3n) is 2.16. The molecule has 1 saturated heterocycles. The molecule has 1 aliphatic rings. The minimum Gasteiger partial charge on any atom is -0.314 e. The van der Waals surface area contributed by atoms with Gasteiger partial charge in [-0.2, -0.15) is 13.2 Å². The van der Waals surface area contributed by atoms with Gasteiger partial charge in [-0.15, -0.1) is 0 Å². The Morgan fingerprint density at radius 2 is 2.15 bits per heavy atom. The zero-order valence-corrected chi connectivity index (χ0v) is 7.45. The summed E-state index contributed by atoms with van der Waals surface area (Å²) < 4.78 is 35.0. The molecule has 0 aromatic heterocycles. The molecule has 78 valence electrons. The van der Waals surface area contributed by atoms with E-state index in [-0.39, 0.29) is 0 Å². The molecule has 0 bridgehead atoms. The van der Waals surface area contributed by atoms with Crippen molar-refractivity contribution in [3.05, 3.63) is 0 Å². The van der Waals surface area contributed by atoms with Crippen molar-refractivity contribution in [2.75, 3.05) is 19.6 Å². The van der Waals surface area contributed by atoms with Crippen molar-refractivity contribution >= 4 is 0 Å². The highest BCUT2D eigenvalue weighted by molar-refractivity contribution is 4.74.